The zero-order valence-corrected chi connectivity index (χ0v) is 20.8. The second kappa shape index (κ2) is 13.3. The minimum absolute atomic E-state index is 0.0104. The van der Waals surface area contributed by atoms with Crippen LogP contribution in [0.1, 0.15) is 23.4 Å². The number of ether oxygens (including phenoxy) is 3. The molecule has 1 aromatic heterocycles. The fourth-order valence-corrected chi connectivity index (χ4v) is 4.98. The summed E-state index contributed by atoms with van der Waals surface area (Å²) < 4.78 is 16.6. The van der Waals surface area contributed by atoms with Crippen molar-refractivity contribution in [3.63, 3.8) is 0 Å². The molecule has 1 aromatic carbocycles. The maximum Gasteiger partial charge on any atom is 0.237 e. The van der Waals surface area contributed by atoms with Gasteiger partial charge in [0, 0.05) is 43.3 Å². The molecule has 0 unspecified atom stereocenters. The third-order valence-corrected chi connectivity index (χ3v) is 6.84. The lowest BCUT2D eigenvalue weighted by Gasteiger charge is -2.37. The number of aliphatic hydroxyl groups is 1. The van der Waals surface area contributed by atoms with E-state index in [1.807, 2.05) is 28.9 Å². The summed E-state index contributed by atoms with van der Waals surface area (Å²) in [6.45, 7) is 5.25. The molecule has 9 heteroatoms. The number of rotatable bonds is 13. The molecule has 2 atom stereocenters. The van der Waals surface area contributed by atoms with Crippen molar-refractivity contribution < 1.29 is 24.1 Å². The number of halogens is 1. The SMILES string of the molecule is CCOC[C@H](O)CN(CCOC)CC(=O)N1CCc2sccc2[C@H]1COc1ccc(Cl)cc1. The largest absolute Gasteiger partial charge is 0.491 e. The normalized spacial score (nSPS) is 16.6. The van der Waals surface area contributed by atoms with Crippen LogP contribution in [-0.2, 0) is 20.7 Å². The zero-order chi connectivity index (χ0) is 23.6. The van der Waals surface area contributed by atoms with E-state index in [2.05, 4.69) is 11.4 Å². The number of carbonyl (C=O) groups is 1. The average Bonchev–Trinajstić information content (AvgIpc) is 3.29. The third-order valence-electron chi connectivity index (χ3n) is 5.59. The Balaban J connectivity index is 1.68. The smallest absolute Gasteiger partial charge is 0.237 e. The summed E-state index contributed by atoms with van der Waals surface area (Å²) in [5.74, 6) is 0.728. The molecule has 2 aromatic rings. The first-order valence-corrected chi connectivity index (χ1v) is 12.5. The fourth-order valence-electron chi connectivity index (χ4n) is 3.92. The molecule has 3 rings (SSSR count). The van der Waals surface area contributed by atoms with Crippen molar-refractivity contribution in [3.8, 4) is 5.75 Å². The molecule has 0 spiro atoms. The molecule has 2 heterocycles. The van der Waals surface area contributed by atoms with Crippen molar-refractivity contribution in [3.05, 3.63) is 51.2 Å². The zero-order valence-electron chi connectivity index (χ0n) is 19.2. The van der Waals surface area contributed by atoms with E-state index in [9.17, 15) is 9.90 Å². The van der Waals surface area contributed by atoms with Crippen LogP contribution < -0.4 is 4.74 Å². The van der Waals surface area contributed by atoms with Crippen LogP contribution in [0.4, 0.5) is 0 Å². The molecular weight excluding hydrogens is 464 g/mol. The van der Waals surface area contributed by atoms with Crippen LogP contribution in [0.25, 0.3) is 0 Å². The topological polar surface area (TPSA) is 71.5 Å². The van der Waals surface area contributed by atoms with Gasteiger partial charge in [-0.25, -0.2) is 0 Å². The number of nitrogens with zero attached hydrogens (tertiary/aromatic N) is 2. The Hall–Kier alpha value is -1.68. The second-order valence-electron chi connectivity index (χ2n) is 7.96. The van der Waals surface area contributed by atoms with Crippen LogP contribution in [0.3, 0.4) is 0 Å². The Morgan fingerprint density at radius 3 is 2.85 bits per heavy atom. The highest BCUT2D eigenvalue weighted by Crippen LogP contribution is 2.34. The van der Waals surface area contributed by atoms with Gasteiger partial charge in [0.05, 0.1) is 31.9 Å². The maximum atomic E-state index is 13.4. The van der Waals surface area contributed by atoms with Crippen molar-refractivity contribution in [1.82, 2.24) is 9.80 Å². The number of fused-ring (bicyclic) bond motifs is 1. The molecule has 0 bridgehead atoms. The number of thiophene rings is 1. The monoisotopic (exact) mass is 496 g/mol. The van der Waals surface area contributed by atoms with Crippen molar-refractivity contribution in [2.75, 3.05) is 59.7 Å². The number of hydrogen-bond acceptors (Lipinski definition) is 7. The summed E-state index contributed by atoms with van der Waals surface area (Å²) in [7, 11) is 1.63. The van der Waals surface area contributed by atoms with Crippen LogP contribution in [0.15, 0.2) is 35.7 Å². The average molecular weight is 497 g/mol. The van der Waals surface area contributed by atoms with Gasteiger partial charge in [0.25, 0.3) is 0 Å². The molecule has 7 nitrogen and oxygen atoms in total. The van der Waals surface area contributed by atoms with E-state index >= 15 is 0 Å². The fraction of sp³-hybridized carbons (Fsp3) is 0.542. The van der Waals surface area contributed by atoms with Crippen molar-refractivity contribution in [2.24, 2.45) is 0 Å². The van der Waals surface area contributed by atoms with E-state index in [4.69, 9.17) is 25.8 Å². The lowest BCUT2D eigenvalue weighted by atomic mass is 10.0. The first-order valence-electron chi connectivity index (χ1n) is 11.2. The van der Waals surface area contributed by atoms with Gasteiger partial charge in [-0.05, 0) is 54.6 Å². The highest BCUT2D eigenvalue weighted by atomic mass is 35.5. The summed E-state index contributed by atoms with van der Waals surface area (Å²) in [5, 5.41) is 13.0. The van der Waals surface area contributed by atoms with Crippen molar-refractivity contribution in [2.45, 2.75) is 25.5 Å². The summed E-state index contributed by atoms with van der Waals surface area (Å²) >= 11 is 7.70. The van der Waals surface area contributed by atoms with Crippen LogP contribution >= 0.6 is 22.9 Å². The predicted octanol–water partition coefficient (Wildman–Crippen LogP) is 3.25. The summed E-state index contributed by atoms with van der Waals surface area (Å²) in [6.07, 6.45) is 0.171. The van der Waals surface area contributed by atoms with Gasteiger partial charge < -0.3 is 24.2 Å². The molecule has 1 amide bonds. The number of hydrogen-bond donors (Lipinski definition) is 1. The minimum Gasteiger partial charge on any atom is -0.491 e. The Morgan fingerprint density at radius 1 is 1.33 bits per heavy atom. The van der Waals surface area contributed by atoms with E-state index in [-0.39, 0.29) is 25.1 Å². The lowest BCUT2D eigenvalue weighted by Crippen LogP contribution is -2.48. The van der Waals surface area contributed by atoms with E-state index in [0.717, 1.165) is 17.7 Å². The highest BCUT2D eigenvalue weighted by Gasteiger charge is 2.33. The number of amides is 1. The third kappa shape index (κ3) is 7.67. The Labute approximate surface area is 204 Å². The maximum absolute atomic E-state index is 13.4. The van der Waals surface area contributed by atoms with Gasteiger partial charge in [-0.3, -0.25) is 9.69 Å². The van der Waals surface area contributed by atoms with Crippen LogP contribution in [0.2, 0.25) is 5.02 Å². The van der Waals surface area contributed by atoms with E-state index < -0.39 is 6.10 Å². The van der Waals surface area contributed by atoms with Gasteiger partial charge in [0.2, 0.25) is 5.91 Å². The molecule has 0 saturated heterocycles. The van der Waals surface area contributed by atoms with Gasteiger partial charge in [-0.2, -0.15) is 0 Å². The lowest BCUT2D eigenvalue weighted by molar-refractivity contribution is -0.136. The quantitative estimate of drug-likeness (QED) is 0.459. The molecule has 1 aliphatic rings. The minimum atomic E-state index is -0.663. The molecule has 1 aliphatic heterocycles. The van der Waals surface area contributed by atoms with Crippen LogP contribution in [0, 0.1) is 0 Å². The van der Waals surface area contributed by atoms with Crippen molar-refractivity contribution in [1.29, 1.82) is 0 Å². The Morgan fingerprint density at radius 2 is 2.12 bits per heavy atom. The molecule has 33 heavy (non-hydrogen) atoms. The van der Waals surface area contributed by atoms with Crippen molar-refractivity contribution >= 4 is 28.8 Å². The van der Waals surface area contributed by atoms with E-state index in [1.54, 1.807) is 30.6 Å². The first kappa shape index (κ1) is 25.9. The predicted molar refractivity (Wildman–Crippen MR) is 130 cm³/mol. The standard InChI is InChI=1S/C24H33ClN2O5S/c1-3-31-16-19(28)14-26(11-12-30-2)15-24(29)27-10-8-23-21(9-13-33-23)22(27)17-32-20-6-4-18(25)5-7-20/h4-7,9,13,19,22,28H,3,8,10-12,14-17H2,1-2H3/t19-,22-/m1/s1. The molecule has 1 N–H and O–H groups in total. The van der Waals surface area contributed by atoms with Gasteiger partial charge in [-0.15, -0.1) is 11.3 Å². The van der Waals surface area contributed by atoms with Crippen LogP contribution in [0.5, 0.6) is 5.75 Å². The van der Waals surface area contributed by atoms with Crippen LogP contribution in [-0.4, -0.2) is 86.6 Å². The molecule has 0 fully saturated rings. The Bertz CT molecular complexity index is 863. The van der Waals surface area contributed by atoms with Gasteiger partial charge in [0.1, 0.15) is 12.4 Å². The van der Waals surface area contributed by atoms with E-state index in [1.165, 1.54) is 4.88 Å². The van der Waals surface area contributed by atoms with Gasteiger partial charge in [-0.1, -0.05) is 11.6 Å². The number of carbonyl (C=O) groups excluding carboxylic acids is 1. The van der Waals surface area contributed by atoms with E-state index in [0.29, 0.717) is 44.5 Å². The molecule has 182 valence electrons. The second-order valence-corrected chi connectivity index (χ2v) is 9.40. The van der Waals surface area contributed by atoms with Gasteiger partial charge in [0.15, 0.2) is 0 Å². The Kier molecular flexibility index (Phi) is 10.4. The number of aliphatic hydroxyl groups excluding tert-OH is 1. The summed E-state index contributed by atoms with van der Waals surface area (Å²) in [4.78, 5) is 18.6. The summed E-state index contributed by atoms with van der Waals surface area (Å²) in [5.41, 5.74) is 1.15. The molecular formula is C24H33ClN2O5S. The van der Waals surface area contributed by atoms with Gasteiger partial charge >= 0.3 is 0 Å². The first-order chi connectivity index (χ1) is 16.0. The molecule has 0 aliphatic carbocycles. The molecule has 0 radical (unpaired) electrons. The highest BCUT2D eigenvalue weighted by molar-refractivity contribution is 7.10. The number of benzene rings is 1. The number of methoxy groups -OCH3 is 1. The molecule has 0 saturated carbocycles. The summed E-state index contributed by atoms with van der Waals surface area (Å²) in [6, 6.07) is 9.16.